The standard InChI is InChI=1S/C10H13ClO/c1-8(11)10(12-2)9-6-4-3-5-7-9/h3-8,10H,1-2H3/t8-,10+/m0/s1. The predicted molar refractivity (Wildman–Crippen MR) is 51.5 cm³/mol. The van der Waals surface area contributed by atoms with Crippen molar-refractivity contribution in [1.82, 2.24) is 0 Å². The topological polar surface area (TPSA) is 9.23 Å². The Kier molecular flexibility index (Phi) is 3.57. The van der Waals surface area contributed by atoms with E-state index in [0.717, 1.165) is 5.56 Å². The van der Waals surface area contributed by atoms with E-state index in [1.54, 1.807) is 7.11 Å². The second kappa shape index (κ2) is 4.48. The number of benzene rings is 1. The van der Waals surface area contributed by atoms with Crippen LogP contribution in [0.2, 0.25) is 0 Å². The molecule has 0 bridgehead atoms. The van der Waals surface area contributed by atoms with Crippen LogP contribution in [0, 0.1) is 0 Å². The Labute approximate surface area is 78.3 Å². The van der Waals surface area contributed by atoms with Gasteiger partial charge in [-0.05, 0) is 12.5 Å². The number of alkyl halides is 1. The summed E-state index contributed by atoms with van der Waals surface area (Å²) in [5.74, 6) is 0. The molecule has 0 fully saturated rings. The maximum absolute atomic E-state index is 5.95. The highest BCUT2D eigenvalue weighted by Gasteiger charge is 2.15. The summed E-state index contributed by atoms with van der Waals surface area (Å²) < 4.78 is 5.27. The quantitative estimate of drug-likeness (QED) is 0.657. The van der Waals surface area contributed by atoms with Gasteiger partial charge in [-0.2, -0.15) is 0 Å². The lowest BCUT2D eigenvalue weighted by molar-refractivity contribution is 0.103. The molecule has 0 N–H and O–H groups in total. The fourth-order valence-corrected chi connectivity index (χ4v) is 1.48. The van der Waals surface area contributed by atoms with Crippen molar-refractivity contribution in [1.29, 1.82) is 0 Å². The van der Waals surface area contributed by atoms with Crippen LogP contribution in [0.3, 0.4) is 0 Å². The highest BCUT2D eigenvalue weighted by atomic mass is 35.5. The van der Waals surface area contributed by atoms with Gasteiger partial charge in [0.2, 0.25) is 0 Å². The van der Waals surface area contributed by atoms with Crippen LogP contribution in [-0.4, -0.2) is 12.5 Å². The lowest BCUT2D eigenvalue weighted by atomic mass is 10.1. The van der Waals surface area contributed by atoms with Gasteiger partial charge in [-0.15, -0.1) is 11.6 Å². The third kappa shape index (κ3) is 2.23. The summed E-state index contributed by atoms with van der Waals surface area (Å²) in [6, 6.07) is 10.00. The maximum atomic E-state index is 5.95. The van der Waals surface area contributed by atoms with Gasteiger partial charge in [0.25, 0.3) is 0 Å². The van der Waals surface area contributed by atoms with Crippen molar-refractivity contribution >= 4 is 11.6 Å². The third-order valence-electron chi connectivity index (χ3n) is 1.80. The average Bonchev–Trinajstić information content (AvgIpc) is 2.07. The molecule has 12 heavy (non-hydrogen) atoms. The van der Waals surface area contributed by atoms with Gasteiger partial charge in [-0.3, -0.25) is 0 Å². The Balaban J connectivity index is 2.80. The Hall–Kier alpha value is -0.530. The summed E-state index contributed by atoms with van der Waals surface area (Å²) >= 11 is 5.95. The molecule has 0 radical (unpaired) electrons. The lowest BCUT2D eigenvalue weighted by Gasteiger charge is -2.17. The van der Waals surface area contributed by atoms with Gasteiger partial charge >= 0.3 is 0 Å². The second-order valence-corrected chi connectivity index (χ2v) is 3.43. The molecule has 1 aromatic rings. The second-order valence-electron chi connectivity index (χ2n) is 2.74. The Morgan fingerprint density at radius 3 is 2.25 bits per heavy atom. The van der Waals surface area contributed by atoms with Crippen LogP contribution in [-0.2, 0) is 4.74 Å². The fraction of sp³-hybridized carbons (Fsp3) is 0.400. The van der Waals surface area contributed by atoms with Crippen LogP contribution in [0.25, 0.3) is 0 Å². The summed E-state index contributed by atoms with van der Waals surface area (Å²) in [7, 11) is 1.68. The first kappa shape index (κ1) is 9.56. The van der Waals surface area contributed by atoms with E-state index in [1.807, 2.05) is 37.3 Å². The largest absolute Gasteiger partial charge is 0.375 e. The minimum absolute atomic E-state index is 0.00241. The van der Waals surface area contributed by atoms with Crippen LogP contribution < -0.4 is 0 Å². The van der Waals surface area contributed by atoms with Crippen molar-refractivity contribution in [3.63, 3.8) is 0 Å². The van der Waals surface area contributed by atoms with Crippen LogP contribution in [0.15, 0.2) is 30.3 Å². The first-order valence-electron chi connectivity index (χ1n) is 3.97. The molecule has 1 rings (SSSR count). The first-order chi connectivity index (χ1) is 5.75. The number of hydrogen-bond donors (Lipinski definition) is 0. The summed E-state index contributed by atoms with van der Waals surface area (Å²) in [6.45, 7) is 1.93. The van der Waals surface area contributed by atoms with Gasteiger partial charge < -0.3 is 4.74 Å². The summed E-state index contributed by atoms with van der Waals surface area (Å²) in [6.07, 6.45) is -0.00660. The predicted octanol–water partition coefficient (Wildman–Crippen LogP) is 3.00. The zero-order valence-corrected chi connectivity index (χ0v) is 8.08. The normalized spacial score (nSPS) is 15.6. The molecule has 1 nitrogen and oxygen atoms in total. The number of hydrogen-bond acceptors (Lipinski definition) is 1. The summed E-state index contributed by atoms with van der Waals surface area (Å²) in [5, 5.41) is -0.00241. The molecule has 0 aliphatic rings. The molecular formula is C10H13ClO. The monoisotopic (exact) mass is 184 g/mol. The van der Waals surface area contributed by atoms with Crippen molar-refractivity contribution in [3.8, 4) is 0 Å². The van der Waals surface area contributed by atoms with E-state index in [1.165, 1.54) is 0 Å². The number of ether oxygens (including phenoxy) is 1. The van der Waals surface area contributed by atoms with Crippen LogP contribution in [0.4, 0.5) is 0 Å². The molecule has 0 saturated heterocycles. The van der Waals surface area contributed by atoms with Crippen LogP contribution in [0.5, 0.6) is 0 Å². The Morgan fingerprint density at radius 2 is 1.83 bits per heavy atom. The zero-order chi connectivity index (χ0) is 8.97. The molecule has 0 aliphatic carbocycles. The molecule has 0 aliphatic heterocycles. The van der Waals surface area contributed by atoms with Gasteiger partial charge in [0.15, 0.2) is 0 Å². The number of halogens is 1. The lowest BCUT2D eigenvalue weighted by Crippen LogP contribution is -2.11. The van der Waals surface area contributed by atoms with Gasteiger partial charge in [-0.1, -0.05) is 30.3 Å². The minimum atomic E-state index is -0.00660. The molecule has 0 heterocycles. The van der Waals surface area contributed by atoms with Crippen molar-refractivity contribution in [2.75, 3.05) is 7.11 Å². The van der Waals surface area contributed by atoms with Gasteiger partial charge in [-0.25, -0.2) is 0 Å². The SMILES string of the molecule is CO[C@@H](c1ccccc1)[C@H](C)Cl. The van der Waals surface area contributed by atoms with Gasteiger partial charge in [0, 0.05) is 7.11 Å². The first-order valence-corrected chi connectivity index (χ1v) is 4.41. The fourth-order valence-electron chi connectivity index (χ4n) is 1.23. The minimum Gasteiger partial charge on any atom is -0.375 e. The average molecular weight is 185 g/mol. The molecule has 0 amide bonds. The molecular weight excluding hydrogens is 172 g/mol. The van der Waals surface area contributed by atoms with Crippen molar-refractivity contribution in [3.05, 3.63) is 35.9 Å². The smallest absolute Gasteiger partial charge is 0.0981 e. The van der Waals surface area contributed by atoms with E-state index >= 15 is 0 Å². The highest BCUT2D eigenvalue weighted by Crippen LogP contribution is 2.23. The van der Waals surface area contributed by atoms with Crippen LogP contribution in [0.1, 0.15) is 18.6 Å². The van der Waals surface area contributed by atoms with E-state index in [9.17, 15) is 0 Å². The maximum Gasteiger partial charge on any atom is 0.0981 e. The third-order valence-corrected chi connectivity index (χ3v) is 2.03. The van der Waals surface area contributed by atoms with E-state index in [-0.39, 0.29) is 11.5 Å². The molecule has 0 saturated carbocycles. The molecule has 0 unspecified atom stereocenters. The van der Waals surface area contributed by atoms with Gasteiger partial charge in [0.05, 0.1) is 11.5 Å². The van der Waals surface area contributed by atoms with E-state index in [0.29, 0.717) is 0 Å². The summed E-state index contributed by atoms with van der Waals surface area (Å²) in [4.78, 5) is 0. The highest BCUT2D eigenvalue weighted by molar-refractivity contribution is 6.20. The van der Waals surface area contributed by atoms with Crippen molar-refractivity contribution < 1.29 is 4.74 Å². The Morgan fingerprint density at radius 1 is 1.25 bits per heavy atom. The molecule has 1 aromatic carbocycles. The molecule has 0 spiro atoms. The molecule has 2 atom stereocenters. The zero-order valence-electron chi connectivity index (χ0n) is 7.33. The van der Waals surface area contributed by atoms with Crippen LogP contribution >= 0.6 is 11.6 Å². The van der Waals surface area contributed by atoms with E-state index in [2.05, 4.69) is 0 Å². The summed E-state index contributed by atoms with van der Waals surface area (Å²) in [5.41, 5.74) is 1.13. The van der Waals surface area contributed by atoms with Gasteiger partial charge in [0.1, 0.15) is 0 Å². The molecule has 2 heteroatoms. The molecule has 66 valence electrons. The van der Waals surface area contributed by atoms with Crippen molar-refractivity contribution in [2.24, 2.45) is 0 Å². The van der Waals surface area contributed by atoms with E-state index in [4.69, 9.17) is 16.3 Å². The van der Waals surface area contributed by atoms with E-state index < -0.39 is 0 Å². The number of rotatable bonds is 3. The number of methoxy groups -OCH3 is 1. The Bertz CT molecular complexity index is 221. The van der Waals surface area contributed by atoms with Crippen molar-refractivity contribution in [2.45, 2.75) is 18.4 Å². The molecule has 0 aromatic heterocycles.